The van der Waals surface area contributed by atoms with Crippen molar-refractivity contribution in [2.75, 3.05) is 6.54 Å². The van der Waals surface area contributed by atoms with Gasteiger partial charge >= 0.3 is 12.2 Å². The Bertz CT molecular complexity index is 789. The zero-order valence-corrected chi connectivity index (χ0v) is 18.8. The number of hydrogen-bond donors (Lipinski definition) is 0. The number of carbonyl (C=O) groups is 2. The van der Waals surface area contributed by atoms with Crippen LogP contribution in [-0.2, 0) is 19.3 Å². The standard InChI is InChI=1S/C21H31NO6S/c1-20(2,3)27-18(23)22(19(24)28-21(4,5)6)15-11-8-12-16-29(25,26)17-13-9-7-10-14-17/h7,9-10,12-14,16H,8,11,15H2,1-6H3/b16-12+. The summed E-state index contributed by atoms with van der Waals surface area (Å²) in [4.78, 5) is 25.9. The number of unbranched alkanes of at least 4 members (excludes halogenated alkanes) is 1. The maximum atomic E-state index is 12.4. The van der Waals surface area contributed by atoms with Gasteiger partial charge in [-0.3, -0.25) is 0 Å². The lowest BCUT2D eigenvalue weighted by molar-refractivity contribution is 0.00133. The molecule has 7 nitrogen and oxygen atoms in total. The van der Waals surface area contributed by atoms with Crippen LogP contribution in [0.15, 0.2) is 46.7 Å². The highest BCUT2D eigenvalue weighted by molar-refractivity contribution is 7.94. The van der Waals surface area contributed by atoms with Gasteiger partial charge in [0, 0.05) is 12.0 Å². The summed E-state index contributed by atoms with van der Waals surface area (Å²) in [6, 6.07) is 8.09. The van der Waals surface area contributed by atoms with E-state index in [0.29, 0.717) is 12.8 Å². The molecule has 0 saturated carbocycles. The average molecular weight is 426 g/mol. The maximum absolute atomic E-state index is 12.4. The van der Waals surface area contributed by atoms with Gasteiger partial charge in [0.2, 0.25) is 0 Å². The monoisotopic (exact) mass is 425 g/mol. The fraction of sp³-hybridized carbons (Fsp3) is 0.524. The molecule has 29 heavy (non-hydrogen) atoms. The summed E-state index contributed by atoms with van der Waals surface area (Å²) in [7, 11) is -3.52. The molecule has 2 amide bonds. The minimum atomic E-state index is -3.52. The molecule has 1 aromatic carbocycles. The van der Waals surface area contributed by atoms with Crippen LogP contribution in [-0.4, -0.2) is 43.3 Å². The topological polar surface area (TPSA) is 90.0 Å². The SMILES string of the molecule is CC(C)(C)OC(=O)N(CCC/C=C/S(=O)(=O)c1ccccc1)C(=O)OC(C)(C)C. The Morgan fingerprint density at radius 2 is 1.41 bits per heavy atom. The molecular formula is C21H31NO6S. The second-order valence-corrected chi connectivity index (χ2v) is 10.3. The zero-order valence-electron chi connectivity index (χ0n) is 18.0. The van der Waals surface area contributed by atoms with E-state index in [0.717, 1.165) is 10.3 Å². The molecule has 0 aliphatic heterocycles. The molecule has 0 N–H and O–H groups in total. The quantitative estimate of drug-likeness (QED) is 0.601. The third-order valence-electron chi connectivity index (χ3n) is 3.33. The number of allylic oxidation sites excluding steroid dienone is 1. The van der Waals surface area contributed by atoms with Crippen LogP contribution in [0, 0.1) is 0 Å². The van der Waals surface area contributed by atoms with E-state index >= 15 is 0 Å². The summed E-state index contributed by atoms with van der Waals surface area (Å²) in [6.45, 7) is 10.3. The van der Waals surface area contributed by atoms with Gasteiger partial charge in [-0.2, -0.15) is 0 Å². The molecule has 0 bridgehead atoms. The van der Waals surface area contributed by atoms with Crippen molar-refractivity contribution >= 4 is 22.0 Å². The summed E-state index contributed by atoms with van der Waals surface area (Å²) in [5, 5.41) is 1.13. The normalized spacial score (nSPS) is 12.6. The second-order valence-electron chi connectivity index (χ2n) is 8.48. The third kappa shape index (κ3) is 9.60. The first-order valence-corrected chi connectivity index (χ1v) is 11.0. The predicted octanol–water partition coefficient (Wildman–Crippen LogP) is 4.93. The van der Waals surface area contributed by atoms with Crippen LogP contribution in [0.2, 0.25) is 0 Å². The van der Waals surface area contributed by atoms with Crippen molar-refractivity contribution < 1.29 is 27.5 Å². The fourth-order valence-electron chi connectivity index (χ4n) is 2.14. The van der Waals surface area contributed by atoms with E-state index in [9.17, 15) is 18.0 Å². The average Bonchev–Trinajstić information content (AvgIpc) is 2.55. The number of imide groups is 1. The molecule has 0 aliphatic carbocycles. The van der Waals surface area contributed by atoms with Crippen LogP contribution in [0.1, 0.15) is 54.4 Å². The third-order valence-corrected chi connectivity index (χ3v) is 4.81. The van der Waals surface area contributed by atoms with Crippen molar-refractivity contribution in [1.82, 2.24) is 4.90 Å². The van der Waals surface area contributed by atoms with Gasteiger partial charge < -0.3 is 9.47 Å². The minimum Gasteiger partial charge on any atom is -0.443 e. The van der Waals surface area contributed by atoms with E-state index < -0.39 is 33.2 Å². The van der Waals surface area contributed by atoms with Crippen LogP contribution in [0.25, 0.3) is 0 Å². The second kappa shape index (κ2) is 9.91. The number of amides is 2. The Labute approximate surface area is 173 Å². The first-order chi connectivity index (χ1) is 13.2. The van der Waals surface area contributed by atoms with Gasteiger partial charge in [-0.15, -0.1) is 0 Å². The predicted molar refractivity (Wildman–Crippen MR) is 111 cm³/mol. The number of carbonyl (C=O) groups excluding carboxylic acids is 2. The van der Waals surface area contributed by atoms with Crippen molar-refractivity contribution in [2.24, 2.45) is 0 Å². The first kappa shape index (κ1) is 24.7. The molecule has 0 aromatic heterocycles. The Kier molecular flexibility index (Phi) is 8.44. The van der Waals surface area contributed by atoms with E-state index in [1.807, 2.05) is 0 Å². The van der Waals surface area contributed by atoms with Gasteiger partial charge in [0.15, 0.2) is 9.84 Å². The maximum Gasteiger partial charge on any atom is 0.419 e. The number of sulfone groups is 1. The van der Waals surface area contributed by atoms with Crippen LogP contribution in [0.5, 0.6) is 0 Å². The summed E-state index contributed by atoms with van der Waals surface area (Å²) < 4.78 is 35.0. The lowest BCUT2D eigenvalue weighted by Crippen LogP contribution is -2.44. The molecule has 0 heterocycles. The van der Waals surface area contributed by atoms with Crippen molar-refractivity contribution in [3.8, 4) is 0 Å². The summed E-state index contributed by atoms with van der Waals surface area (Å²) >= 11 is 0. The highest BCUT2D eigenvalue weighted by Gasteiger charge is 2.30. The van der Waals surface area contributed by atoms with Crippen LogP contribution in [0.3, 0.4) is 0 Å². The molecule has 0 unspecified atom stereocenters. The van der Waals surface area contributed by atoms with Crippen molar-refractivity contribution in [3.63, 3.8) is 0 Å². The smallest absolute Gasteiger partial charge is 0.419 e. The molecule has 1 aromatic rings. The van der Waals surface area contributed by atoms with Gasteiger partial charge in [-0.05, 0) is 66.5 Å². The molecule has 0 saturated heterocycles. The molecule has 8 heteroatoms. The van der Waals surface area contributed by atoms with E-state index in [1.165, 1.54) is 18.2 Å². The van der Waals surface area contributed by atoms with E-state index in [4.69, 9.17) is 9.47 Å². The van der Waals surface area contributed by atoms with Gasteiger partial charge in [0.05, 0.1) is 4.90 Å². The summed E-state index contributed by atoms with van der Waals surface area (Å²) in [5.74, 6) is 0. The van der Waals surface area contributed by atoms with Gasteiger partial charge in [0.25, 0.3) is 0 Å². The Hall–Kier alpha value is -2.35. The van der Waals surface area contributed by atoms with Gasteiger partial charge in [0.1, 0.15) is 11.2 Å². The van der Waals surface area contributed by atoms with Crippen LogP contribution < -0.4 is 0 Å². The molecule has 0 aliphatic rings. The molecule has 162 valence electrons. The molecule has 1 rings (SSSR count). The highest BCUT2D eigenvalue weighted by atomic mass is 32.2. The molecule has 0 fully saturated rings. The van der Waals surface area contributed by atoms with Crippen molar-refractivity contribution in [3.05, 3.63) is 41.8 Å². The van der Waals surface area contributed by atoms with Crippen molar-refractivity contribution in [2.45, 2.75) is 70.5 Å². The first-order valence-electron chi connectivity index (χ1n) is 9.41. The van der Waals surface area contributed by atoms with Gasteiger partial charge in [-0.1, -0.05) is 24.3 Å². The lowest BCUT2D eigenvalue weighted by Gasteiger charge is -2.28. The summed E-state index contributed by atoms with van der Waals surface area (Å²) in [6.07, 6.45) is 0.623. The Balaban J connectivity index is 2.74. The Morgan fingerprint density at radius 3 is 1.86 bits per heavy atom. The molecule has 0 radical (unpaired) electrons. The zero-order chi connectivity index (χ0) is 22.3. The largest absolute Gasteiger partial charge is 0.443 e. The number of nitrogens with zero attached hydrogens (tertiary/aromatic N) is 1. The van der Waals surface area contributed by atoms with Crippen LogP contribution >= 0.6 is 0 Å². The Morgan fingerprint density at radius 1 is 0.931 bits per heavy atom. The highest BCUT2D eigenvalue weighted by Crippen LogP contribution is 2.16. The van der Waals surface area contributed by atoms with Crippen LogP contribution in [0.4, 0.5) is 9.59 Å². The number of hydrogen-bond acceptors (Lipinski definition) is 6. The lowest BCUT2D eigenvalue weighted by atomic mass is 10.2. The molecular weight excluding hydrogens is 394 g/mol. The minimum absolute atomic E-state index is 0.0412. The van der Waals surface area contributed by atoms with Gasteiger partial charge in [-0.25, -0.2) is 22.9 Å². The molecule has 0 atom stereocenters. The van der Waals surface area contributed by atoms with E-state index in [2.05, 4.69) is 0 Å². The number of benzene rings is 1. The molecule has 0 spiro atoms. The number of ether oxygens (including phenoxy) is 2. The van der Waals surface area contributed by atoms with E-state index in [-0.39, 0.29) is 11.4 Å². The summed E-state index contributed by atoms with van der Waals surface area (Å²) in [5.41, 5.74) is -1.53. The fourth-order valence-corrected chi connectivity index (χ4v) is 3.22. The van der Waals surface area contributed by atoms with Crippen molar-refractivity contribution in [1.29, 1.82) is 0 Å². The van der Waals surface area contributed by atoms with E-state index in [1.54, 1.807) is 59.7 Å². The number of rotatable bonds is 6.